The van der Waals surface area contributed by atoms with Crippen LogP contribution in [0.2, 0.25) is 0 Å². The number of hydrogen-bond acceptors (Lipinski definition) is 1. The Balaban J connectivity index is 1.92. The zero-order valence-electron chi connectivity index (χ0n) is 10.4. The van der Waals surface area contributed by atoms with Gasteiger partial charge in [0, 0.05) is 12.6 Å². The Hall–Kier alpha value is -1.31. The summed E-state index contributed by atoms with van der Waals surface area (Å²) < 4.78 is 0. The van der Waals surface area contributed by atoms with E-state index in [0.717, 1.165) is 6.54 Å². The lowest BCUT2D eigenvalue weighted by molar-refractivity contribution is -0.136. The second kappa shape index (κ2) is 4.17. The third-order valence-electron chi connectivity index (χ3n) is 4.28. The number of benzene rings is 1. The molecule has 1 saturated carbocycles. The second-order valence-corrected chi connectivity index (χ2v) is 5.32. The lowest BCUT2D eigenvalue weighted by atomic mass is 9.89. The molecule has 0 bridgehead atoms. The summed E-state index contributed by atoms with van der Waals surface area (Å²) >= 11 is 0. The summed E-state index contributed by atoms with van der Waals surface area (Å²) in [4.78, 5) is 14.5. The van der Waals surface area contributed by atoms with Crippen LogP contribution in [0.4, 0.5) is 0 Å². The van der Waals surface area contributed by atoms with E-state index >= 15 is 0 Å². The molecule has 1 amide bonds. The minimum atomic E-state index is 0.0422. The van der Waals surface area contributed by atoms with Gasteiger partial charge in [0.25, 0.3) is 0 Å². The first-order valence-corrected chi connectivity index (χ1v) is 6.65. The topological polar surface area (TPSA) is 20.3 Å². The molecule has 2 nitrogen and oxygen atoms in total. The van der Waals surface area contributed by atoms with Crippen molar-refractivity contribution in [1.82, 2.24) is 4.90 Å². The number of nitrogens with zero attached hydrogens (tertiary/aromatic N) is 1. The van der Waals surface area contributed by atoms with Crippen LogP contribution in [-0.2, 0) is 11.3 Å². The minimum Gasteiger partial charge on any atom is -0.335 e. The van der Waals surface area contributed by atoms with Crippen molar-refractivity contribution in [2.24, 2.45) is 0 Å². The first-order chi connectivity index (χ1) is 8.27. The van der Waals surface area contributed by atoms with E-state index in [-0.39, 0.29) is 5.92 Å². The third-order valence-corrected chi connectivity index (χ3v) is 4.28. The molecule has 1 aliphatic heterocycles. The number of fused-ring (bicyclic) bond motifs is 1. The largest absolute Gasteiger partial charge is 0.335 e. The van der Waals surface area contributed by atoms with Gasteiger partial charge >= 0.3 is 0 Å². The molecule has 0 aromatic heterocycles. The maximum Gasteiger partial charge on any atom is 0.230 e. The number of amides is 1. The van der Waals surface area contributed by atoms with Crippen LogP contribution < -0.4 is 0 Å². The smallest absolute Gasteiger partial charge is 0.230 e. The van der Waals surface area contributed by atoms with Gasteiger partial charge in [-0.15, -0.1) is 0 Å². The van der Waals surface area contributed by atoms with Gasteiger partial charge in [-0.05, 0) is 30.9 Å². The van der Waals surface area contributed by atoms with Crippen molar-refractivity contribution in [1.29, 1.82) is 0 Å². The Bertz CT molecular complexity index is 434. The molecule has 3 rings (SSSR count). The molecule has 1 aromatic carbocycles. The van der Waals surface area contributed by atoms with Crippen molar-refractivity contribution in [3.05, 3.63) is 35.4 Å². The van der Waals surface area contributed by atoms with Crippen molar-refractivity contribution in [2.75, 3.05) is 0 Å². The van der Waals surface area contributed by atoms with Crippen molar-refractivity contribution >= 4 is 5.91 Å². The van der Waals surface area contributed by atoms with E-state index in [9.17, 15) is 4.79 Å². The SMILES string of the molecule is CC1C(=O)N(C2CCCC2)Cc2ccccc21. The molecule has 1 heterocycles. The van der Waals surface area contributed by atoms with E-state index in [1.807, 2.05) is 13.0 Å². The van der Waals surface area contributed by atoms with Crippen LogP contribution in [0.15, 0.2) is 24.3 Å². The van der Waals surface area contributed by atoms with Crippen LogP contribution in [0.1, 0.15) is 49.7 Å². The Morgan fingerprint density at radius 1 is 1.18 bits per heavy atom. The molecule has 1 fully saturated rings. The molecule has 0 radical (unpaired) electrons. The fourth-order valence-corrected chi connectivity index (χ4v) is 3.27. The Labute approximate surface area is 103 Å². The molecule has 0 saturated heterocycles. The fraction of sp³-hybridized carbons (Fsp3) is 0.533. The monoisotopic (exact) mass is 229 g/mol. The average Bonchev–Trinajstić information content (AvgIpc) is 2.87. The van der Waals surface area contributed by atoms with Crippen LogP contribution in [-0.4, -0.2) is 16.8 Å². The van der Waals surface area contributed by atoms with Crippen LogP contribution in [0.3, 0.4) is 0 Å². The highest BCUT2D eigenvalue weighted by Gasteiger charge is 2.34. The molecule has 1 aliphatic carbocycles. The summed E-state index contributed by atoms with van der Waals surface area (Å²) in [5, 5.41) is 0. The van der Waals surface area contributed by atoms with Crippen molar-refractivity contribution in [3.8, 4) is 0 Å². The molecule has 1 atom stereocenters. The highest BCUT2D eigenvalue weighted by atomic mass is 16.2. The highest BCUT2D eigenvalue weighted by molar-refractivity contribution is 5.85. The summed E-state index contributed by atoms with van der Waals surface area (Å²) in [5.74, 6) is 0.371. The molecule has 2 aliphatic rings. The van der Waals surface area contributed by atoms with E-state index < -0.39 is 0 Å². The summed E-state index contributed by atoms with van der Waals surface area (Å²) in [6, 6.07) is 8.88. The average molecular weight is 229 g/mol. The normalized spacial score (nSPS) is 25.1. The lowest BCUT2D eigenvalue weighted by Crippen LogP contribution is -2.43. The molecule has 2 heteroatoms. The van der Waals surface area contributed by atoms with Crippen molar-refractivity contribution in [2.45, 2.75) is 51.1 Å². The zero-order valence-corrected chi connectivity index (χ0v) is 10.4. The van der Waals surface area contributed by atoms with Gasteiger partial charge in [0.05, 0.1) is 5.92 Å². The first kappa shape index (κ1) is 10.8. The van der Waals surface area contributed by atoms with Crippen LogP contribution in [0.5, 0.6) is 0 Å². The Kier molecular flexibility index (Phi) is 2.65. The summed E-state index contributed by atoms with van der Waals surface area (Å²) in [6.45, 7) is 2.87. The van der Waals surface area contributed by atoms with Gasteiger partial charge in [0.2, 0.25) is 5.91 Å². The molecule has 1 aromatic rings. The van der Waals surface area contributed by atoms with E-state index in [0.29, 0.717) is 11.9 Å². The Morgan fingerprint density at radius 3 is 2.65 bits per heavy atom. The summed E-state index contributed by atoms with van der Waals surface area (Å²) in [6.07, 6.45) is 4.95. The summed E-state index contributed by atoms with van der Waals surface area (Å²) in [7, 11) is 0. The lowest BCUT2D eigenvalue weighted by Gasteiger charge is -2.36. The van der Waals surface area contributed by atoms with Gasteiger partial charge in [-0.2, -0.15) is 0 Å². The number of hydrogen-bond donors (Lipinski definition) is 0. The molecular weight excluding hydrogens is 210 g/mol. The van der Waals surface area contributed by atoms with Gasteiger partial charge in [0.1, 0.15) is 0 Å². The second-order valence-electron chi connectivity index (χ2n) is 5.32. The van der Waals surface area contributed by atoms with Crippen LogP contribution in [0.25, 0.3) is 0 Å². The zero-order chi connectivity index (χ0) is 11.8. The van der Waals surface area contributed by atoms with Crippen molar-refractivity contribution in [3.63, 3.8) is 0 Å². The molecule has 90 valence electrons. The molecular formula is C15H19NO. The van der Waals surface area contributed by atoms with Gasteiger partial charge in [-0.1, -0.05) is 37.1 Å². The van der Waals surface area contributed by atoms with E-state index in [1.165, 1.54) is 36.8 Å². The van der Waals surface area contributed by atoms with E-state index in [4.69, 9.17) is 0 Å². The van der Waals surface area contributed by atoms with Gasteiger partial charge < -0.3 is 4.90 Å². The molecule has 1 unspecified atom stereocenters. The van der Waals surface area contributed by atoms with Gasteiger partial charge in [0.15, 0.2) is 0 Å². The fourth-order valence-electron chi connectivity index (χ4n) is 3.27. The number of carbonyl (C=O) groups excluding carboxylic acids is 1. The number of carbonyl (C=O) groups is 1. The van der Waals surface area contributed by atoms with E-state index in [2.05, 4.69) is 23.1 Å². The minimum absolute atomic E-state index is 0.0422. The predicted molar refractivity (Wildman–Crippen MR) is 67.7 cm³/mol. The quantitative estimate of drug-likeness (QED) is 0.724. The Morgan fingerprint density at radius 2 is 1.88 bits per heavy atom. The van der Waals surface area contributed by atoms with Crippen molar-refractivity contribution < 1.29 is 4.79 Å². The molecule has 17 heavy (non-hydrogen) atoms. The van der Waals surface area contributed by atoms with E-state index in [1.54, 1.807) is 0 Å². The third kappa shape index (κ3) is 1.76. The number of rotatable bonds is 1. The van der Waals surface area contributed by atoms with Gasteiger partial charge in [-0.25, -0.2) is 0 Å². The summed E-state index contributed by atoms with van der Waals surface area (Å²) in [5.41, 5.74) is 2.57. The molecule has 0 spiro atoms. The molecule has 0 N–H and O–H groups in total. The van der Waals surface area contributed by atoms with Gasteiger partial charge in [-0.3, -0.25) is 4.79 Å². The predicted octanol–water partition coefficient (Wildman–Crippen LogP) is 3.07. The highest BCUT2D eigenvalue weighted by Crippen LogP contribution is 2.34. The maximum absolute atomic E-state index is 12.4. The maximum atomic E-state index is 12.4. The van der Waals surface area contributed by atoms with Crippen LogP contribution >= 0.6 is 0 Å². The standard InChI is InChI=1S/C15H19NO/c1-11-14-9-5-2-6-12(14)10-16(15(11)17)13-7-3-4-8-13/h2,5-6,9,11,13H,3-4,7-8,10H2,1H3. The van der Waals surface area contributed by atoms with Crippen LogP contribution in [0, 0.1) is 0 Å². The first-order valence-electron chi connectivity index (χ1n) is 6.65.